The Hall–Kier alpha value is -2.09. The van der Waals surface area contributed by atoms with E-state index in [4.69, 9.17) is 5.41 Å². The first-order chi connectivity index (χ1) is 11.3. The number of fused-ring (bicyclic) bond motifs is 1. The fourth-order valence-electron chi connectivity index (χ4n) is 3.04. The molecule has 0 aromatic carbocycles. The number of imidazole rings is 1. The summed E-state index contributed by atoms with van der Waals surface area (Å²) in [6.45, 7) is 2.86. The molecule has 0 spiro atoms. The van der Waals surface area contributed by atoms with Gasteiger partial charge in [0.1, 0.15) is 17.7 Å². The van der Waals surface area contributed by atoms with Gasteiger partial charge in [0.2, 0.25) is 0 Å². The molecule has 23 heavy (non-hydrogen) atoms. The summed E-state index contributed by atoms with van der Waals surface area (Å²) < 4.78 is 0. The van der Waals surface area contributed by atoms with Gasteiger partial charge in [-0.3, -0.25) is 5.41 Å². The van der Waals surface area contributed by atoms with Gasteiger partial charge in [0.15, 0.2) is 11.5 Å². The van der Waals surface area contributed by atoms with Gasteiger partial charge in [-0.15, -0.1) is 11.8 Å². The van der Waals surface area contributed by atoms with Crippen LogP contribution in [-0.2, 0) is 0 Å². The molecule has 4 heterocycles. The number of hydrogen-bond donors (Lipinski definition) is 2. The molecular formula is C15H19N7S. The summed E-state index contributed by atoms with van der Waals surface area (Å²) in [6.07, 6.45) is 8.88. The quantitative estimate of drug-likeness (QED) is 0.649. The lowest BCUT2D eigenvalue weighted by atomic mass is 10.1. The van der Waals surface area contributed by atoms with E-state index in [-0.39, 0.29) is 0 Å². The molecule has 2 aromatic heterocycles. The van der Waals surface area contributed by atoms with E-state index in [1.54, 1.807) is 24.4 Å². The van der Waals surface area contributed by atoms with E-state index < -0.39 is 0 Å². The van der Waals surface area contributed by atoms with E-state index in [0.717, 1.165) is 41.6 Å². The predicted molar refractivity (Wildman–Crippen MR) is 92.7 cm³/mol. The van der Waals surface area contributed by atoms with Gasteiger partial charge in [0.05, 0.1) is 11.2 Å². The largest absolute Gasteiger partial charge is 0.356 e. The zero-order valence-corrected chi connectivity index (χ0v) is 13.6. The minimum atomic E-state index is 0.648. The molecule has 0 atom stereocenters. The minimum Gasteiger partial charge on any atom is -0.356 e. The molecule has 2 aliphatic rings. The van der Waals surface area contributed by atoms with Crippen LogP contribution >= 0.6 is 11.8 Å². The molecule has 0 bridgehead atoms. The van der Waals surface area contributed by atoms with Crippen molar-refractivity contribution in [2.45, 2.75) is 19.3 Å². The standard InChI is InChI=1S/C15H19N7S/c16-13(21-4-2-1-3-5-21)11-8-22(6-7-23-11)15-12-14(18-9-17-12)19-10-20-15/h8-10,16H,1-7H2,(H,17,18,19,20). The van der Waals surface area contributed by atoms with Gasteiger partial charge in [-0.25, -0.2) is 15.0 Å². The van der Waals surface area contributed by atoms with E-state index >= 15 is 0 Å². The zero-order valence-electron chi connectivity index (χ0n) is 12.8. The van der Waals surface area contributed by atoms with E-state index in [0.29, 0.717) is 11.5 Å². The molecule has 2 aliphatic heterocycles. The highest BCUT2D eigenvalue weighted by atomic mass is 32.2. The third kappa shape index (κ3) is 2.78. The lowest BCUT2D eigenvalue weighted by Gasteiger charge is -2.32. The number of piperidine rings is 1. The number of H-pyrrole nitrogens is 1. The number of aromatic amines is 1. The lowest BCUT2D eigenvalue weighted by Crippen LogP contribution is -2.37. The number of thioether (sulfide) groups is 1. The topological polar surface area (TPSA) is 84.8 Å². The summed E-state index contributed by atoms with van der Waals surface area (Å²) in [5.74, 6) is 2.42. The Labute approximate surface area is 138 Å². The van der Waals surface area contributed by atoms with Gasteiger partial charge < -0.3 is 14.8 Å². The van der Waals surface area contributed by atoms with Gasteiger partial charge in [-0.2, -0.15) is 0 Å². The molecule has 1 fully saturated rings. The molecule has 0 saturated carbocycles. The number of nitrogens with one attached hydrogen (secondary N) is 2. The zero-order chi connectivity index (χ0) is 15.6. The van der Waals surface area contributed by atoms with Crippen LogP contribution in [0.3, 0.4) is 0 Å². The van der Waals surface area contributed by atoms with Gasteiger partial charge in [-0.05, 0) is 19.3 Å². The average Bonchev–Trinajstić information content (AvgIpc) is 3.10. The molecule has 7 nitrogen and oxygen atoms in total. The number of aromatic nitrogens is 4. The van der Waals surface area contributed by atoms with Crippen molar-refractivity contribution in [3.8, 4) is 0 Å². The number of rotatable bonds is 2. The Balaban J connectivity index is 1.62. The second-order valence-corrected chi connectivity index (χ2v) is 6.87. The molecule has 120 valence electrons. The normalized spacial score (nSPS) is 19.0. The minimum absolute atomic E-state index is 0.648. The third-order valence-corrected chi connectivity index (χ3v) is 5.24. The van der Waals surface area contributed by atoms with E-state index in [9.17, 15) is 0 Å². The summed E-state index contributed by atoms with van der Waals surface area (Å²) in [5.41, 5.74) is 1.52. The second kappa shape index (κ2) is 6.19. The number of anilines is 1. The summed E-state index contributed by atoms with van der Waals surface area (Å²) >= 11 is 1.75. The highest BCUT2D eigenvalue weighted by Gasteiger charge is 2.23. The maximum Gasteiger partial charge on any atom is 0.182 e. The smallest absolute Gasteiger partial charge is 0.182 e. The van der Waals surface area contributed by atoms with Crippen LogP contribution in [0.5, 0.6) is 0 Å². The van der Waals surface area contributed by atoms with Crippen LogP contribution in [0.4, 0.5) is 5.82 Å². The Morgan fingerprint density at radius 2 is 2.00 bits per heavy atom. The molecule has 8 heteroatoms. The van der Waals surface area contributed by atoms with Crippen molar-refractivity contribution in [3.63, 3.8) is 0 Å². The van der Waals surface area contributed by atoms with E-state index in [1.165, 1.54) is 19.3 Å². The van der Waals surface area contributed by atoms with Gasteiger partial charge in [-0.1, -0.05) is 0 Å². The SMILES string of the molecule is N=C(C1=CN(c2ncnc3nc[nH]c23)CCS1)N1CCCCC1. The van der Waals surface area contributed by atoms with Crippen LogP contribution in [0.15, 0.2) is 23.8 Å². The molecule has 0 radical (unpaired) electrons. The Morgan fingerprint density at radius 3 is 2.87 bits per heavy atom. The van der Waals surface area contributed by atoms with Crippen molar-refractivity contribution in [1.29, 1.82) is 5.41 Å². The summed E-state index contributed by atoms with van der Waals surface area (Å²) in [7, 11) is 0. The molecule has 2 aromatic rings. The highest BCUT2D eigenvalue weighted by molar-refractivity contribution is 8.04. The van der Waals surface area contributed by atoms with Crippen LogP contribution in [0.2, 0.25) is 0 Å². The fraction of sp³-hybridized carbons (Fsp3) is 0.467. The van der Waals surface area contributed by atoms with Crippen LogP contribution in [0.1, 0.15) is 19.3 Å². The van der Waals surface area contributed by atoms with Crippen LogP contribution < -0.4 is 4.90 Å². The first-order valence-electron chi connectivity index (χ1n) is 7.92. The molecule has 4 rings (SSSR count). The third-order valence-electron chi connectivity index (χ3n) is 4.24. The Morgan fingerprint density at radius 1 is 1.13 bits per heavy atom. The predicted octanol–water partition coefficient (Wildman–Crippen LogP) is 2.21. The number of hydrogen-bond acceptors (Lipinski definition) is 6. The summed E-state index contributed by atoms with van der Waals surface area (Å²) in [6, 6.07) is 0. The van der Waals surface area contributed by atoms with Gasteiger partial charge in [0, 0.05) is 31.6 Å². The van der Waals surface area contributed by atoms with Gasteiger partial charge in [0.25, 0.3) is 0 Å². The second-order valence-electron chi connectivity index (χ2n) is 5.73. The molecule has 1 saturated heterocycles. The average molecular weight is 329 g/mol. The molecule has 0 unspecified atom stereocenters. The van der Waals surface area contributed by atoms with Crippen molar-refractivity contribution in [2.24, 2.45) is 0 Å². The molecule has 2 N–H and O–H groups in total. The van der Waals surface area contributed by atoms with Crippen molar-refractivity contribution >= 4 is 34.6 Å². The maximum absolute atomic E-state index is 8.52. The van der Waals surface area contributed by atoms with Crippen molar-refractivity contribution in [1.82, 2.24) is 24.8 Å². The number of likely N-dealkylation sites (tertiary alicyclic amines) is 1. The molecular weight excluding hydrogens is 310 g/mol. The van der Waals surface area contributed by atoms with E-state index in [1.807, 2.05) is 6.20 Å². The summed E-state index contributed by atoms with van der Waals surface area (Å²) in [5, 5.41) is 8.52. The van der Waals surface area contributed by atoms with Crippen LogP contribution in [0, 0.1) is 5.41 Å². The Bertz CT molecular complexity index is 747. The number of amidine groups is 1. The van der Waals surface area contributed by atoms with E-state index in [2.05, 4.69) is 29.7 Å². The fourth-order valence-corrected chi connectivity index (χ4v) is 4.01. The van der Waals surface area contributed by atoms with Crippen molar-refractivity contribution in [2.75, 3.05) is 30.3 Å². The molecule has 0 amide bonds. The first kappa shape index (κ1) is 14.5. The van der Waals surface area contributed by atoms with Crippen molar-refractivity contribution < 1.29 is 0 Å². The van der Waals surface area contributed by atoms with Crippen LogP contribution in [-0.4, -0.2) is 56.1 Å². The van der Waals surface area contributed by atoms with Gasteiger partial charge >= 0.3 is 0 Å². The first-order valence-corrected chi connectivity index (χ1v) is 8.91. The molecule has 0 aliphatic carbocycles. The lowest BCUT2D eigenvalue weighted by molar-refractivity contribution is 0.341. The Kier molecular flexibility index (Phi) is 3.90. The monoisotopic (exact) mass is 329 g/mol. The number of nitrogens with zero attached hydrogens (tertiary/aromatic N) is 5. The summed E-state index contributed by atoms with van der Waals surface area (Å²) in [4.78, 5) is 21.2. The highest BCUT2D eigenvalue weighted by Crippen LogP contribution is 2.29. The van der Waals surface area contributed by atoms with Crippen molar-refractivity contribution in [3.05, 3.63) is 23.8 Å². The van der Waals surface area contributed by atoms with Crippen LogP contribution in [0.25, 0.3) is 11.2 Å². The maximum atomic E-state index is 8.52.